The Morgan fingerprint density at radius 1 is 1.53 bits per heavy atom. The molecule has 0 bridgehead atoms. The third-order valence-corrected chi connectivity index (χ3v) is 3.25. The zero-order valence-corrected chi connectivity index (χ0v) is 9.94. The quantitative estimate of drug-likeness (QED) is 0.842. The zero-order valence-electron chi connectivity index (χ0n) is 9.94. The Morgan fingerprint density at radius 2 is 2.29 bits per heavy atom. The molecule has 3 rings (SSSR count). The summed E-state index contributed by atoms with van der Waals surface area (Å²) < 4.78 is 1.88. The maximum absolute atomic E-state index is 11.8. The Hall–Kier alpha value is -1.55. The van der Waals surface area contributed by atoms with Crippen molar-refractivity contribution in [2.75, 3.05) is 0 Å². The summed E-state index contributed by atoms with van der Waals surface area (Å²) in [5, 5.41) is 0. The van der Waals surface area contributed by atoms with Crippen molar-refractivity contribution in [2.24, 2.45) is 5.73 Å². The predicted octanol–water partition coefficient (Wildman–Crippen LogP) is 1.55. The van der Waals surface area contributed by atoms with Gasteiger partial charge in [-0.25, -0.2) is 4.79 Å². The summed E-state index contributed by atoms with van der Waals surface area (Å²) in [6.45, 7) is 1.99. The van der Waals surface area contributed by atoms with Crippen LogP contribution in [-0.2, 0) is 6.42 Å². The third kappa shape index (κ3) is 1.89. The Balaban J connectivity index is 2.09. The van der Waals surface area contributed by atoms with E-state index >= 15 is 0 Å². The van der Waals surface area contributed by atoms with E-state index in [0.29, 0.717) is 6.04 Å². The number of benzene rings is 1. The Labute approximate surface area is 99.4 Å². The number of fused-ring (bicyclic) bond motifs is 1. The summed E-state index contributed by atoms with van der Waals surface area (Å²) in [6, 6.07) is 6.69. The van der Waals surface area contributed by atoms with Crippen molar-refractivity contribution >= 4 is 11.0 Å². The van der Waals surface area contributed by atoms with E-state index in [-0.39, 0.29) is 11.7 Å². The van der Waals surface area contributed by atoms with Gasteiger partial charge in [-0.15, -0.1) is 0 Å². The molecule has 2 aromatic rings. The Morgan fingerprint density at radius 3 is 2.94 bits per heavy atom. The molecule has 1 aliphatic rings. The lowest BCUT2D eigenvalue weighted by atomic mass is 10.1. The van der Waals surface area contributed by atoms with Gasteiger partial charge >= 0.3 is 5.69 Å². The summed E-state index contributed by atoms with van der Waals surface area (Å²) in [5.41, 5.74) is 8.93. The van der Waals surface area contributed by atoms with E-state index in [2.05, 4.69) is 11.1 Å². The highest BCUT2D eigenvalue weighted by molar-refractivity contribution is 5.76. The first-order valence-corrected chi connectivity index (χ1v) is 6.14. The van der Waals surface area contributed by atoms with E-state index in [0.717, 1.165) is 30.3 Å². The van der Waals surface area contributed by atoms with Crippen molar-refractivity contribution in [1.29, 1.82) is 0 Å². The minimum Gasteiger partial charge on any atom is -0.328 e. The fourth-order valence-corrected chi connectivity index (χ4v) is 2.37. The van der Waals surface area contributed by atoms with Crippen molar-refractivity contribution in [2.45, 2.75) is 38.3 Å². The molecule has 0 saturated heterocycles. The smallest absolute Gasteiger partial charge is 0.326 e. The fourth-order valence-electron chi connectivity index (χ4n) is 2.37. The van der Waals surface area contributed by atoms with E-state index in [1.54, 1.807) is 0 Å². The van der Waals surface area contributed by atoms with Gasteiger partial charge in [-0.2, -0.15) is 0 Å². The molecule has 0 spiro atoms. The van der Waals surface area contributed by atoms with Crippen LogP contribution in [0, 0.1) is 0 Å². The van der Waals surface area contributed by atoms with Gasteiger partial charge in [-0.3, -0.25) is 4.57 Å². The molecule has 90 valence electrons. The van der Waals surface area contributed by atoms with Crippen molar-refractivity contribution in [1.82, 2.24) is 9.55 Å². The maximum atomic E-state index is 11.8. The number of nitrogens with zero attached hydrogens (tertiary/aromatic N) is 1. The van der Waals surface area contributed by atoms with Crippen LogP contribution in [-0.4, -0.2) is 15.6 Å². The molecule has 0 amide bonds. The number of imidazole rings is 1. The number of H-pyrrole nitrogens is 1. The van der Waals surface area contributed by atoms with Crippen LogP contribution in [0.25, 0.3) is 11.0 Å². The van der Waals surface area contributed by atoms with Crippen molar-refractivity contribution < 1.29 is 0 Å². The Kier molecular flexibility index (Phi) is 2.33. The van der Waals surface area contributed by atoms with E-state index in [1.165, 1.54) is 5.56 Å². The average molecular weight is 231 g/mol. The fraction of sp³-hybridized carbons (Fsp3) is 0.462. The first-order chi connectivity index (χ1) is 8.15. The first kappa shape index (κ1) is 10.6. The van der Waals surface area contributed by atoms with Gasteiger partial charge in [-0.05, 0) is 43.9 Å². The number of nitrogens with two attached hydrogens (primary N) is 1. The molecule has 1 atom stereocenters. The lowest BCUT2D eigenvalue weighted by Gasteiger charge is -2.05. The van der Waals surface area contributed by atoms with Gasteiger partial charge in [0.2, 0.25) is 0 Å². The van der Waals surface area contributed by atoms with Crippen molar-refractivity contribution in [3.05, 3.63) is 34.2 Å². The molecule has 1 heterocycles. The number of aromatic nitrogens is 2. The molecular formula is C13H17N3O. The largest absolute Gasteiger partial charge is 0.328 e. The van der Waals surface area contributed by atoms with Crippen LogP contribution in [0.4, 0.5) is 0 Å². The molecule has 1 unspecified atom stereocenters. The van der Waals surface area contributed by atoms with Gasteiger partial charge in [0, 0.05) is 12.1 Å². The van der Waals surface area contributed by atoms with Crippen LogP contribution in [0.1, 0.15) is 31.4 Å². The van der Waals surface area contributed by atoms with Crippen LogP contribution in [0.2, 0.25) is 0 Å². The highest BCUT2D eigenvalue weighted by Crippen LogP contribution is 2.35. The minimum absolute atomic E-state index is 0.0143. The number of aromatic amines is 1. The maximum Gasteiger partial charge on any atom is 0.326 e. The summed E-state index contributed by atoms with van der Waals surface area (Å²) in [5.74, 6) is 0. The zero-order chi connectivity index (χ0) is 12.0. The predicted molar refractivity (Wildman–Crippen MR) is 68.2 cm³/mol. The van der Waals surface area contributed by atoms with E-state index in [1.807, 2.05) is 23.6 Å². The number of rotatable bonds is 3. The third-order valence-electron chi connectivity index (χ3n) is 3.25. The topological polar surface area (TPSA) is 63.8 Å². The van der Waals surface area contributed by atoms with E-state index < -0.39 is 0 Å². The van der Waals surface area contributed by atoms with Crippen LogP contribution >= 0.6 is 0 Å². The standard InChI is InChI=1S/C13H17N3O/c1-8(14)6-9-2-5-12-11(7-9)15-13(17)16(12)10-3-4-10/h2,5,7-8,10H,3-4,6,14H2,1H3,(H,15,17). The lowest BCUT2D eigenvalue weighted by molar-refractivity contribution is 0.732. The first-order valence-electron chi connectivity index (χ1n) is 6.14. The van der Waals surface area contributed by atoms with Gasteiger partial charge in [-0.1, -0.05) is 6.07 Å². The Bertz CT molecular complexity index is 605. The molecule has 4 heteroatoms. The van der Waals surface area contributed by atoms with Crippen LogP contribution in [0.5, 0.6) is 0 Å². The summed E-state index contributed by atoms with van der Waals surface area (Å²) in [4.78, 5) is 14.8. The monoisotopic (exact) mass is 231 g/mol. The van der Waals surface area contributed by atoms with Crippen LogP contribution < -0.4 is 11.4 Å². The normalized spacial score (nSPS) is 17.5. The van der Waals surface area contributed by atoms with E-state index in [4.69, 9.17) is 5.73 Å². The minimum atomic E-state index is 0.0143. The molecule has 1 aromatic heterocycles. The van der Waals surface area contributed by atoms with Gasteiger partial charge < -0.3 is 10.7 Å². The second-order valence-electron chi connectivity index (χ2n) is 5.06. The summed E-state index contributed by atoms with van der Waals surface area (Å²) in [6.07, 6.45) is 3.08. The van der Waals surface area contributed by atoms with Gasteiger partial charge in [0.25, 0.3) is 0 Å². The van der Waals surface area contributed by atoms with Gasteiger partial charge in [0.1, 0.15) is 0 Å². The molecule has 17 heavy (non-hydrogen) atoms. The average Bonchev–Trinajstić information content (AvgIpc) is 3.00. The second-order valence-corrected chi connectivity index (χ2v) is 5.06. The molecule has 1 fully saturated rings. The molecule has 0 radical (unpaired) electrons. The van der Waals surface area contributed by atoms with Crippen molar-refractivity contribution in [3.8, 4) is 0 Å². The molecule has 1 aromatic carbocycles. The molecular weight excluding hydrogens is 214 g/mol. The van der Waals surface area contributed by atoms with Crippen LogP contribution in [0.15, 0.2) is 23.0 Å². The molecule has 1 aliphatic carbocycles. The molecule has 4 nitrogen and oxygen atoms in total. The highest BCUT2D eigenvalue weighted by Gasteiger charge is 2.27. The summed E-state index contributed by atoms with van der Waals surface area (Å²) >= 11 is 0. The number of nitrogens with one attached hydrogen (secondary N) is 1. The molecule has 3 N–H and O–H groups in total. The lowest BCUT2D eigenvalue weighted by Crippen LogP contribution is -2.17. The number of hydrogen-bond acceptors (Lipinski definition) is 2. The summed E-state index contributed by atoms with van der Waals surface area (Å²) in [7, 11) is 0. The second kappa shape index (κ2) is 3.74. The van der Waals surface area contributed by atoms with Crippen LogP contribution in [0.3, 0.4) is 0 Å². The SMILES string of the molecule is CC(N)Cc1ccc2c(c1)[nH]c(=O)n2C1CC1. The van der Waals surface area contributed by atoms with Crippen molar-refractivity contribution in [3.63, 3.8) is 0 Å². The number of hydrogen-bond donors (Lipinski definition) is 2. The highest BCUT2D eigenvalue weighted by atomic mass is 16.1. The molecule has 1 saturated carbocycles. The molecule has 0 aliphatic heterocycles. The van der Waals surface area contributed by atoms with Gasteiger partial charge in [0.05, 0.1) is 11.0 Å². The van der Waals surface area contributed by atoms with E-state index in [9.17, 15) is 4.79 Å². The van der Waals surface area contributed by atoms with Gasteiger partial charge in [0.15, 0.2) is 0 Å².